The highest BCUT2D eigenvalue weighted by atomic mass is 35.5. The molecule has 0 aromatic heterocycles. The molecule has 0 saturated heterocycles. The van der Waals surface area contributed by atoms with Crippen molar-refractivity contribution >= 4 is 27.1 Å². The molecule has 0 saturated carbocycles. The SMILES string of the molecule is CS(=O)(=O)c1cccc(Cl)c1CNc1cccc(F)c1F. The molecular formula is C14H12ClF2NO2S. The first kappa shape index (κ1) is 15.7. The molecule has 0 atom stereocenters. The Morgan fingerprint density at radius 1 is 1.14 bits per heavy atom. The summed E-state index contributed by atoms with van der Waals surface area (Å²) in [5, 5.41) is 2.90. The van der Waals surface area contributed by atoms with E-state index in [1.54, 1.807) is 0 Å². The molecule has 1 N–H and O–H groups in total. The Morgan fingerprint density at radius 3 is 2.48 bits per heavy atom. The van der Waals surface area contributed by atoms with Gasteiger partial charge >= 0.3 is 0 Å². The molecule has 0 fully saturated rings. The van der Waals surface area contributed by atoms with Gasteiger partial charge in [0.1, 0.15) is 0 Å². The first-order chi connectivity index (χ1) is 9.80. The van der Waals surface area contributed by atoms with Crippen molar-refractivity contribution in [3.05, 3.63) is 58.6 Å². The van der Waals surface area contributed by atoms with E-state index in [1.807, 2.05) is 0 Å². The molecule has 112 valence electrons. The van der Waals surface area contributed by atoms with Crippen LogP contribution in [-0.4, -0.2) is 14.7 Å². The van der Waals surface area contributed by atoms with Crippen molar-refractivity contribution in [2.24, 2.45) is 0 Å². The Kier molecular flexibility index (Phi) is 4.49. The monoisotopic (exact) mass is 331 g/mol. The molecule has 3 nitrogen and oxygen atoms in total. The Balaban J connectivity index is 2.35. The van der Waals surface area contributed by atoms with Crippen LogP contribution in [0, 0.1) is 11.6 Å². The Labute approximate surface area is 126 Å². The zero-order chi connectivity index (χ0) is 15.6. The Bertz CT molecular complexity index is 779. The fourth-order valence-corrected chi connectivity index (χ4v) is 3.13. The molecule has 2 aromatic rings. The van der Waals surface area contributed by atoms with Crippen molar-refractivity contribution in [2.75, 3.05) is 11.6 Å². The lowest BCUT2D eigenvalue weighted by atomic mass is 10.2. The van der Waals surface area contributed by atoms with Crippen molar-refractivity contribution in [2.45, 2.75) is 11.4 Å². The highest BCUT2D eigenvalue weighted by Gasteiger charge is 2.16. The largest absolute Gasteiger partial charge is 0.378 e. The minimum atomic E-state index is -3.47. The molecule has 7 heteroatoms. The van der Waals surface area contributed by atoms with Gasteiger partial charge in [0.05, 0.1) is 10.6 Å². The first-order valence-electron chi connectivity index (χ1n) is 5.96. The van der Waals surface area contributed by atoms with Crippen LogP contribution in [0.4, 0.5) is 14.5 Å². The molecular weight excluding hydrogens is 320 g/mol. The van der Waals surface area contributed by atoms with Gasteiger partial charge in [0.2, 0.25) is 0 Å². The number of rotatable bonds is 4. The smallest absolute Gasteiger partial charge is 0.181 e. The van der Waals surface area contributed by atoms with Gasteiger partial charge in [-0.05, 0) is 24.3 Å². The van der Waals surface area contributed by atoms with Crippen LogP contribution in [0.5, 0.6) is 0 Å². The van der Waals surface area contributed by atoms with E-state index in [0.717, 1.165) is 12.3 Å². The fraction of sp³-hybridized carbons (Fsp3) is 0.143. The molecule has 0 unspecified atom stereocenters. The zero-order valence-electron chi connectivity index (χ0n) is 11.0. The third kappa shape index (κ3) is 3.51. The van der Waals surface area contributed by atoms with E-state index in [9.17, 15) is 17.2 Å². The maximum atomic E-state index is 13.6. The number of halogens is 3. The van der Waals surface area contributed by atoms with Crippen molar-refractivity contribution in [1.29, 1.82) is 0 Å². The van der Waals surface area contributed by atoms with Gasteiger partial charge in [-0.15, -0.1) is 0 Å². The summed E-state index contributed by atoms with van der Waals surface area (Å²) in [7, 11) is -3.47. The van der Waals surface area contributed by atoms with Crippen LogP contribution in [0.3, 0.4) is 0 Å². The third-order valence-electron chi connectivity index (χ3n) is 2.88. The highest BCUT2D eigenvalue weighted by Crippen LogP contribution is 2.26. The lowest BCUT2D eigenvalue weighted by molar-refractivity contribution is 0.511. The first-order valence-corrected chi connectivity index (χ1v) is 8.23. The third-order valence-corrected chi connectivity index (χ3v) is 4.42. The quantitative estimate of drug-likeness (QED) is 0.930. The number of nitrogens with one attached hydrogen (secondary N) is 1. The molecule has 2 aromatic carbocycles. The molecule has 0 aliphatic rings. The summed E-state index contributed by atoms with van der Waals surface area (Å²) in [5.41, 5.74) is 0.250. The fourth-order valence-electron chi connectivity index (χ4n) is 1.88. The maximum absolute atomic E-state index is 13.6. The summed E-state index contributed by atoms with van der Waals surface area (Å²) in [5.74, 6) is -2.01. The van der Waals surface area contributed by atoms with Gasteiger partial charge in [-0.25, -0.2) is 17.2 Å². The van der Waals surface area contributed by atoms with E-state index in [2.05, 4.69) is 5.32 Å². The summed E-state index contributed by atoms with van der Waals surface area (Å²) in [6.07, 6.45) is 1.06. The minimum absolute atomic E-state index is 0.0392. The molecule has 0 amide bonds. The van der Waals surface area contributed by atoms with Crippen LogP contribution in [0.1, 0.15) is 5.56 Å². The molecule has 21 heavy (non-hydrogen) atoms. The topological polar surface area (TPSA) is 46.2 Å². The van der Waals surface area contributed by atoms with Crippen molar-refractivity contribution in [1.82, 2.24) is 0 Å². The van der Waals surface area contributed by atoms with Crippen LogP contribution in [0.2, 0.25) is 5.02 Å². The minimum Gasteiger partial charge on any atom is -0.378 e. The van der Waals surface area contributed by atoms with Gasteiger partial charge in [0.25, 0.3) is 0 Å². The molecule has 0 aliphatic heterocycles. The van der Waals surface area contributed by atoms with Gasteiger partial charge in [-0.3, -0.25) is 0 Å². The van der Waals surface area contributed by atoms with Crippen LogP contribution in [0.25, 0.3) is 0 Å². The second-order valence-electron chi connectivity index (χ2n) is 4.44. The van der Waals surface area contributed by atoms with Crippen molar-refractivity contribution < 1.29 is 17.2 Å². The lowest BCUT2D eigenvalue weighted by Crippen LogP contribution is -2.09. The van der Waals surface area contributed by atoms with E-state index >= 15 is 0 Å². The van der Waals surface area contributed by atoms with Gasteiger partial charge in [-0.2, -0.15) is 0 Å². The van der Waals surface area contributed by atoms with Gasteiger partial charge in [0, 0.05) is 23.4 Å². The predicted octanol–water partition coefficient (Wildman–Crippen LogP) is 3.63. The highest BCUT2D eigenvalue weighted by molar-refractivity contribution is 7.90. The zero-order valence-corrected chi connectivity index (χ0v) is 12.6. The Hall–Kier alpha value is -1.66. The molecule has 0 heterocycles. The summed E-state index contributed by atoms with van der Waals surface area (Å²) >= 11 is 6.00. The van der Waals surface area contributed by atoms with Crippen LogP contribution in [-0.2, 0) is 16.4 Å². The number of hydrogen-bond acceptors (Lipinski definition) is 3. The average Bonchev–Trinajstić information content (AvgIpc) is 2.40. The standard InChI is InChI=1S/C14H12ClF2NO2S/c1-21(19,20)13-7-2-4-10(15)9(13)8-18-12-6-3-5-11(16)14(12)17/h2-7,18H,8H2,1H3. The van der Waals surface area contributed by atoms with Gasteiger partial charge in [-0.1, -0.05) is 23.7 Å². The van der Waals surface area contributed by atoms with Crippen LogP contribution >= 0.6 is 11.6 Å². The summed E-state index contributed by atoms with van der Waals surface area (Å²) in [6.45, 7) is -0.0392. The van der Waals surface area contributed by atoms with Crippen LogP contribution < -0.4 is 5.32 Å². The van der Waals surface area contributed by atoms with E-state index in [4.69, 9.17) is 11.6 Å². The second kappa shape index (κ2) is 5.99. The van der Waals surface area contributed by atoms with Crippen LogP contribution in [0.15, 0.2) is 41.3 Å². The second-order valence-corrected chi connectivity index (χ2v) is 6.83. The summed E-state index contributed by atoms with van der Waals surface area (Å²) in [6, 6.07) is 8.18. The number of sulfone groups is 1. The van der Waals surface area contributed by atoms with E-state index in [1.165, 1.54) is 30.3 Å². The van der Waals surface area contributed by atoms with Gasteiger partial charge in [0.15, 0.2) is 21.5 Å². The normalized spacial score (nSPS) is 11.4. The molecule has 0 spiro atoms. The summed E-state index contributed by atoms with van der Waals surface area (Å²) in [4.78, 5) is 0.0549. The number of benzene rings is 2. The maximum Gasteiger partial charge on any atom is 0.181 e. The molecule has 0 bridgehead atoms. The predicted molar refractivity (Wildman–Crippen MR) is 78.2 cm³/mol. The number of anilines is 1. The number of hydrogen-bond donors (Lipinski definition) is 1. The molecule has 2 rings (SSSR count). The Morgan fingerprint density at radius 2 is 1.81 bits per heavy atom. The van der Waals surface area contributed by atoms with E-state index < -0.39 is 21.5 Å². The van der Waals surface area contributed by atoms with Gasteiger partial charge < -0.3 is 5.32 Å². The average molecular weight is 332 g/mol. The van der Waals surface area contributed by atoms with Crippen molar-refractivity contribution in [3.8, 4) is 0 Å². The lowest BCUT2D eigenvalue weighted by Gasteiger charge is -2.12. The molecule has 0 aliphatic carbocycles. The summed E-state index contributed by atoms with van der Waals surface area (Å²) < 4.78 is 50.1. The van der Waals surface area contributed by atoms with Crippen molar-refractivity contribution in [3.63, 3.8) is 0 Å². The van der Waals surface area contributed by atoms with E-state index in [0.29, 0.717) is 5.56 Å². The molecule has 0 radical (unpaired) electrons. The van der Waals surface area contributed by atoms with E-state index in [-0.39, 0.29) is 22.2 Å².